The van der Waals surface area contributed by atoms with Crippen molar-refractivity contribution < 1.29 is 14.3 Å². The van der Waals surface area contributed by atoms with Gasteiger partial charge in [0.15, 0.2) is 0 Å². The molecule has 0 radical (unpaired) electrons. The second-order valence-electron chi connectivity index (χ2n) is 3.02. The van der Waals surface area contributed by atoms with Crippen LogP contribution in [0.4, 0.5) is 5.69 Å². The van der Waals surface area contributed by atoms with Crippen LogP contribution in [0.3, 0.4) is 0 Å². The topological polar surface area (TPSA) is 67.4 Å². The number of nitrogens with one attached hydrogen (secondary N) is 2. The number of para-hydroxylation sites is 1. The summed E-state index contributed by atoms with van der Waals surface area (Å²) in [5.74, 6) is -0.961. The zero-order valence-electron chi connectivity index (χ0n) is 9.03. The molecule has 0 saturated heterocycles. The average molecular weight is 222 g/mol. The molecule has 0 heterocycles. The van der Waals surface area contributed by atoms with Crippen molar-refractivity contribution in [2.24, 2.45) is 0 Å². The van der Waals surface area contributed by atoms with Gasteiger partial charge in [-0.3, -0.25) is 20.4 Å². The molecule has 0 atom stereocenters. The van der Waals surface area contributed by atoms with Gasteiger partial charge in [0.2, 0.25) is 5.91 Å². The lowest BCUT2D eigenvalue weighted by Crippen LogP contribution is -2.31. The Labute approximate surface area is 93.8 Å². The van der Waals surface area contributed by atoms with Crippen molar-refractivity contribution in [2.75, 3.05) is 12.0 Å². The third-order valence-corrected chi connectivity index (χ3v) is 1.73. The average Bonchev–Trinajstić information content (AvgIpc) is 2.28. The van der Waals surface area contributed by atoms with Gasteiger partial charge < -0.3 is 4.74 Å². The van der Waals surface area contributed by atoms with Gasteiger partial charge in [0.05, 0.1) is 12.3 Å². The second-order valence-corrected chi connectivity index (χ2v) is 3.02. The highest BCUT2D eigenvalue weighted by atomic mass is 16.5. The Balaban J connectivity index is 2.28. The first-order valence-electron chi connectivity index (χ1n) is 4.98. The fourth-order valence-corrected chi connectivity index (χ4v) is 1.05. The van der Waals surface area contributed by atoms with Gasteiger partial charge in [-0.25, -0.2) is 0 Å². The van der Waals surface area contributed by atoms with Gasteiger partial charge in [-0.15, -0.1) is 0 Å². The van der Waals surface area contributed by atoms with Crippen LogP contribution in [-0.2, 0) is 14.3 Å². The summed E-state index contributed by atoms with van der Waals surface area (Å²) in [6, 6.07) is 9.13. The number of ether oxygens (including phenoxy) is 1. The SMILES string of the molecule is CCOC(=O)CC(=O)NNc1ccccc1. The molecule has 0 unspecified atom stereocenters. The Hall–Kier alpha value is -2.04. The van der Waals surface area contributed by atoms with Crippen LogP contribution in [0.2, 0.25) is 0 Å². The summed E-state index contributed by atoms with van der Waals surface area (Å²) >= 11 is 0. The van der Waals surface area contributed by atoms with Gasteiger partial charge in [-0.1, -0.05) is 18.2 Å². The van der Waals surface area contributed by atoms with E-state index in [2.05, 4.69) is 15.6 Å². The molecular weight excluding hydrogens is 208 g/mol. The van der Waals surface area contributed by atoms with Crippen LogP contribution >= 0.6 is 0 Å². The van der Waals surface area contributed by atoms with Gasteiger partial charge in [-0.2, -0.15) is 0 Å². The van der Waals surface area contributed by atoms with Gasteiger partial charge in [0, 0.05) is 0 Å². The van der Waals surface area contributed by atoms with Crippen molar-refractivity contribution >= 4 is 17.6 Å². The molecule has 0 aliphatic heterocycles. The third-order valence-electron chi connectivity index (χ3n) is 1.73. The number of amides is 1. The van der Waals surface area contributed by atoms with Gasteiger partial charge in [0.1, 0.15) is 6.42 Å². The van der Waals surface area contributed by atoms with E-state index >= 15 is 0 Å². The lowest BCUT2D eigenvalue weighted by Gasteiger charge is -2.07. The van der Waals surface area contributed by atoms with E-state index in [-0.39, 0.29) is 13.0 Å². The predicted molar refractivity (Wildman–Crippen MR) is 59.5 cm³/mol. The summed E-state index contributed by atoms with van der Waals surface area (Å²) in [7, 11) is 0. The minimum Gasteiger partial charge on any atom is -0.466 e. The standard InChI is InChI=1S/C11H14N2O3/c1-2-16-11(15)8-10(14)13-12-9-6-4-3-5-7-9/h3-7,12H,2,8H2,1H3,(H,13,14). The second kappa shape index (κ2) is 6.44. The Kier molecular flexibility index (Phi) is 4.85. The van der Waals surface area contributed by atoms with Crippen LogP contribution in [0.25, 0.3) is 0 Å². The van der Waals surface area contributed by atoms with E-state index in [0.717, 1.165) is 5.69 Å². The van der Waals surface area contributed by atoms with Gasteiger partial charge >= 0.3 is 5.97 Å². The van der Waals surface area contributed by atoms with E-state index in [9.17, 15) is 9.59 Å². The van der Waals surface area contributed by atoms with E-state index in [1.165, 1.54) is 0 Å². The maximum Gasteiger partial charge on any atom is 0.315 e. The fourth-order valence-electron chi connectivity index (χ4n) is 1.05. The number of rotatable bonds is 5. The summed E-state index contributed by atoms with van der Waals surface area (Å²) in [6.07, 6.45) is -0.284. The molecule has 0 bridgehead atoms. The molecule has 5 heteroatoms. The number of carbonyl (C=O) groups excluding carboxylic acids is 2. The molecule has 2 N–H and O–H groups in total. The van der Waals surface area contributed by atoms with Crippen LogP contribution in [0, 0.1) is 0 Å². The van der Waals surface area contributed by atoms with Crippen molar-refractivity contribution in [2.45, 2.75) is 13.3 Å². The van der Waals surface area contributed by atoms with Gasteiger partial charge in [0.25, 0.3) is 0 Å². The Morgan fingerprint density at radius 1 is 1.25 bits per heavy atom. The quantitative estimate of drug-likeness (QED) is 0.444. The van der Waals surface area contributed by atoms with E-state index < -0.39 is 11.9 Å². The molecule has 0 aliphatic rings. The normalized spacial score (nSPS) is 9.31. The van der Waals surface area contributed by atoms with Crippen molar-refractivity contribution in [3.63, 3.8) is 0 Å². The molecule has 0 aliphatic carbocycles. The molecular formula is C11H14N2O3. The Bertz CT molecular complexity index is 352. The minimum atomic E-state index is -0.533. The van der Waals surface area contributed by atoms with Crippen LogP contribution in [0.5, 0.6) is 0 Å². The summed E-state index contributed by atoms with van der Waals surface area (Å²) in [6.45, 7) is 1.97. The van der Waals surface area contributed by atoms with E-state index in [1.807, 2.05) is 18.2 Å². The lowest BCUT2D eigenvalue weighted by atomic mass is 10.3. The highest BCUT2D eigenvalue weighted by Gasteiger charge is 2.09. The largest absolute Gasteiger partial charge is 0.466 e. The van der Waals surface area contributed by atoms with Gasteiger partial charge in [-0.05, 0) is 19.1 Å². The van der Waals surface area contributed by atoms with E-state index in [0.29, 0.717) is 0 Å². The molecule has 1 aromatic carbocycles. The smallest absolute Gasteiger partial charge is 0.315 e. The molecule has 0 spiro atoms. The van der Waals surface area contributed by atoms with Crippen molar-refractivity contribution in [3.8, 4) is 0 Å². The number of hydrazine groups is 1. The molecule has 1 aromatic rings. The molecule has 0 fully saturated rings. The number of hydrogen-bond acceptors (Lipinski definition) is 4. The summed E-state index contributed by atoms with van der Waals surface area (Å²) in [5, 5.41) is 0. The first kappa shape index (κ1) is 12.0. The minimum absolute atomic E-state index is 0.276. The molecule has 0 aromatic heterocycles. The molecule has 5 nitrogen and oxygen atoms in total. The van der Waals surface area contributed by atoms with Crippen molar-refractivity contribution in [3.05, 3.63) is 30.3 Å². The predicted octanol–water partition coefficient (Wildman–Crippen LogP) is 1.08. The first-order chi connectivity index (χ1) is 7.72. The van der Waals surface area contributed by atoms with Crippen molar-refractivity contribution in [1.82, 2.24) is 5.43 Å². The zero-order chi connectivity index (χ0) is 11.8. The summed E-state index contributed by atoms with van der Waals surface area (Å²) in [4.78, 5) is 22.2. The first-order valence-corrected chi connectivity index (χ1v) is 4.98. The van der Waals surface area contributed by atoms with E-state index in [4.69, 9.17) is 0 Å². The fraction of sp³-hybridized carbons (Fsp3) is 0.273. The summed E-state index contributed by atoms with van der Waals surface area (Å²) in [5.41, 5.74) is 5.83. The monoisotopic (exact) mass is 222 g/mol. The van der Waals surface area contributed by atoms with Crippen LogP contribution in [0.15, 0.2) is 30.3 Å². The third kappa shape index (κ3) is 4.45. The molecule has 16 heavy (non-hydrogen) atoms. The Morgan fingerprint density at radius 3 is 2.56 bits per heavy atom. The number of benzene rings is 1. The lowest BCUT2D eigenvalue weighted by molar-refractivity contribution is -0.145. The van der Waals surface area contributed by atoms with Crippen LogP contribution in [0.1, 0.15) is 13.3 Å². The molecule has 1 rings (SSSR count). The van der Waals surface area contributed by atoms with Crippen LogP contribution < -0.4 is 10.9 Å². The van der Waals surface area contributed by atoms with Crippen molar-refractivity contribution in [1.29, 1.82) is 0 Å². The maximum atomic E-state index is 11.2. The maximum absolute atomic E-state index is 11.2. The van der Waals surface area contributed by atoms with E-state index in [1.54, 1.807) is 19.1 Å². The van der Waals surface area contributed by atoms with Crippen LogP contribution in [-0.4, -0.2) is 18.5 Å². The molecule has 86 valence electrons. The number of hydrogen-bond donors (Lipinski definition) is 2. The highest BCUT2D eigenvalue weighted by molar-refractivity contribution is 5.94. The Morgan fingerprint density at radius 2 is 1.94 bits per heavy atom. The molecule has 0 saturated carbocycles. The number of esters is 1. The summed E-state index contributed by atoms with van der Waals surface area (Å²) < 4.78 is 4.64. The zero-order valence-corrected chi connectivity index (χ0v) is 9.03. The molecule has 1 amide bonds. The number of anilines is 1. The number of carbonyl (C=O) groups is 2. The highest BCUT2D eigenvalue weighted by Crippen LogP contribution is 2.02.